The van der Waals surface area contributed by atoms with E-state index in [-0.39, 0.29) is 0 Å². The zero-order chi connectivity index (χ0) is 13.0. The molecule has 96 valence electrons. The number of pyridine rings is 1. The Balaban J connectivity index is 2.33. The van der Waals surface area contributed by atoms with E-state index in [1.165, 1.54) is 0 Å². The van der Waals surface area contributed by atoms with E-state index in [0.29, 0.717) is 12.3 Å². The highest BCUT2D eigenvalue weighted by atomic mass is 16.5. The summed E-state index contributed by atoms with van der Waals surface area (Å²) < 4.78 is 5.38. The number of nitrogens with zero attached hydrogens (tertiary/aromatic N) is 2. The Hall–Kier alpha value is -1.81. The Morgan fingerprint density at radius 3 is 2.89 bits per heavy atom. The molecule has 0 aliphatic heterocycles. The number of likely N-dealkylation sites (N-methyl/N-ethyl adjacent to an activating group) is 1. The van der Waals surface area contributed by atoms with Crippen LogP contribution in [0.1, 0.15) is 6.92 Å². The normalized spacial score (nSPS) is 10.8. The van der Waals surface area contributed by atoms with Crippen molar-refractivity contribution >= 4 is 22.3 Å². The third-order valence-corrected chi connectivity index (χ3v) is 2.93. The second kappa shape index (κ2) is 5.69. The second-order valence-electron chi connectivity index (χ2n) is 4.20. The molecule has 0 aliphatic rings. The molecule has 0 bridgehead atoms. The fourth-order valence-corrected chi connectivity index (χ4v) is 2.03. The Morgan fingerprint density at radius 2 is 2.11 bits per heavy atom. The summed E-state index contributed by atoms with van der Waals surface area (Å²) in [7, 11) is 2.02. The van der Waals surface area contributed by atoms with Crippen molar-refractivity contribution in [3.8, 4) is 0 Å². The number of nitrogens with two attached hydrogens (primary N) is 1. The summed E-state index contributed by atoms with van der Waals surface area (Å²) in [6, 6.07) is 8.03. The summed E-state index contributed by atoms with van der Waals surface area (Å²) in [6.07, 6.45) is 1.72. The first-order chi connectivity index (χ1) is 8.74. The molecule has 4 nitrogen and oxygen atoms in total. The molecule has 0 radical (unpaired) electrons. The molecule has 0 saturated heterocycles. The van der Waals surface area contributed by atoms with Gasteiger partial charge in [0, 0.05) is 25.6 Å². The van der Waals surface area contributed by atoms with Crippen LogP contribution in [-0.4, -0.2) is 31.8 Å². The van der Waals surface area contributed by atoms with E-state index in [1.807, 2.05) is 38.2 Å². The van der Waals surface area contributed by atoms with Gasteiger partial charge in [-0.15, -0.1) is 0 Å². The predicted molar refractivity (Wildman–Crippen MR) is 75.9 cm³/mol. The molecule has 0 atom stereocenters. The van der Waals surface area contributed by atoms with Crippen LogP contribution in [0.25, 0.3) is 10.9 Å². The molecule has 1 aromatic heterocycles. The van der Waals surface area contributed by atoms with Crippen LogP contribution in [0, 0.1) is 0 Å². The highest BCUT2D eigenvalue weighted by Gasteiger charge is 2.10. The topological polar surface area (TPSA) is 51.4 Å². The van der Waals surface area contributed by atoms with E-state index in [4.69, 9.17) is 10.5 Å². The summed E-state index contributed by atoms with van der Waals surface area (Å²) in [4.78, 5) is 6.46. The number of anilines is 2. The van der Waals surface area contributed by atoms with Crippen LogP contribution in [0.4, 0.5) is 11.4 Å². The summed E-state index contributed by atoms with van der Waals surface area (Å²) >= 11 is 0. The lowest BCUT2D eigenvalue weighted by Gasteiger charge is -2.22. The summed E-state index contributed by atoms with van der Waals surface area (Å²) in [5.41, 5.74) is 8.74. The first-order valence-corrected chi connectivity index (χ1v) is 6.16. The zero-order valence-electron chi connectivity index (χ0n) is 10.9. The van der Waals surface area contributed by atoms with Crippen LogP contribution in [0.15, 0.2) is 30.5 Å². The van der Waals surface area contributed by atoms with Gasteiger partial charge in [0.25, 0.3) is 0 Å². The predicted octanol–water partition coefficient (Wildman–Crippen LogP) is 2.29. The summed E-state index contributed by atoms with van der Waals surface area (Å²) in [5, 5.41) is 1.08. The van der Waals surface area contributed by atoms with E-state index >= 15 is 0 Å². The SMILES string of the molecule is CCOCCN(C)c1c(N)cnc2ccccc12. The molecule has 18 heavy (non-hydrogen) atoms. The molecule has 2 aromatic rings. The van der Waals surface area contributed by atoms with Gasteiger partial charge in [0.2, 0.25) is 0 Å². The van der Waals surface area contributed by atoms with Crippen LogP contribution < -0.4 is 10.6 Å². The molecule has 0 amide bonds. The smallest absolute Gasteiger partial charge is 0.0745 e. The van der Waals surface area contributed by atoms with Crippen LogP contribution in [0.5, 0.6) is 0 Å². The van der Waals surface area contributed by atoms with Gasteiger partial charge in [0.1, 0.15) is 0 Å². The number of fused-ring (bicyclic) bond motifs is 1. The van der Waals surface area contributed by atoms with Gasteiger partial charge in [0.15, 0.2) is 0 Å². The van der Waals surface area contributed by atoms with Crippen LogP contribution in [-0.2, 0) is 4.74 Å². The van der Waals surface area contributed by atoms with Gasteiger partial charge in [-0.2, -0.15) is 0 Å². The van der Waals surface area contributed by atoms with Crippen molar-refractivity contribution in [3.63, 3.8) is 0 Å². The van der Waals surface area contributed by atoms with Gasteiger partial charge in [0.05, 0.1) is 29.7 Å². The van der Waals surface area contributed by atoms with Crippen molar-refractivity contribution in [2.75, 3.05) is 37.4 Å². The highest BCUT2D eigenvalue weighted by Crippen LogP contribution is 2.30. The van der Waals surface area contributed by atoms with Crippen molar-refractivity contribution in [3.05, 3.63) is 30.5 Å². The highest BCUT2D eigenvalue weighted by molar-refractivity contribution is 5.97. The fraction of sp³-hybridized carbons (Fsp3) is 0.357. The molecule has 0 aliphatic carbocycles. The standard InChI is InChI=1S/C14H19N3O/c1-3-18-9-8-17(2)14-11-6-4-5-7-13(11)16-10-12(14)15/h4-7,10H,3,8-9,15H2,1-2H3. The van der Waals surface area contributed by atoms with E-state index < -0.39 is 0 Å². The number of aromatic nitrogens is 1. The number of rotatable bonds is 5. The third-order valence-electron chi connectivity index (χ3n) is 2.93. The Morgan fingerprint density at radius 1 is 1.33 bits per heavy atom. The van der Waals surface area contributed by atoms with Crippen molar-refractivity contribution in [1.82, 2.24) is 4.98 Å². The Bertz CT molecular complexity index is 527. The largest absolute Gasteiger partial charge is 0.396 e. The molecule has 0 fully saturated rings. The average Bonchev–Trinajstić information content (AvgIpc) is 2.38. The Labute approximate surface area is 107 Å². The third kappa shape index (κ3) is 2.54. The monoisotopic (exact) mass is 245 g/mol. The molecule has 4 heteroatoms. The number of hydrogen-bond donors (Lipinski definition) is 1. The molecule has 1 aromatic carbocycles. The van der Waals surface area contributed by atoms with Gasteiger partial charge in [-0.3, -0.25) is 4.98 Å². The van der Waals surface area contributed by atoms with Crippen molar-refractivity contribution < 1.29 is 4.74 Å². The lowest BCUT2D eigenvalue weighted by Crippen LogP contribution is -2.23. The minimum Gasteiger partial charge on any atom is -0.396 e. The maximum absolute atomic E-state index is 6.05. The van der Waals surface area contributed by atoms with E-state index in [2.05, 4.69) is 9.88 Å². The number of hydrogen-bond acceptors (Lipinski definition) is 4. The summed E-state index contributed by atoms with van der Waals surface area (Å²) in [6.45, 7) is 4.24. The average molecular weight is 245 g/mol. The van der Waals surface area contributed by atoms with E-state index in [9.17, 15) is 0 Å². The molecule has 0 unspecified atom stereocenters. The first kappa shape index (κ1) is 12.6. The van der Waals surface area contributed by atoms with Crippen molar-refractivity contribution in [2.45, 2.75) is 6.92 Å². The molecular formula is C14H19N3O. The molecule has 0 saturated carbocycles. The number of para-hydroxylation sites is 1. The van der Waals surface area contributed by atoms with Gasteiger partial charge >= 0.3 is 0 Å². The molecule has 0 spiro atoms. The maximum atomic E-state index is 6.05. The minimum atomic E-state index is 0.698. The minimum absolute atomic E-state index is 0.698. The van der Waals surface area contributed by atoms with Gasteiger partial charge in [-0.1, -0.05) is 18.2 Å². The molecule has 2 rings (SSSR count). The van der Waals surface area contributed by atoms with Crippen LogP contribution in [0.3, 0.4) is 0 Å². The number of ether oxygens (including phenoxy) is 1. The molecular weight excluding hydrogens is 226 g/mol. The molecule has 1 heterocycles. The zero-order valence-corrected chi connectivity index (χ0v) is 10.9. The van der Waals surface area contributed by atoms with Crippen molar-refractivity contribution in [1.29, 1.82) is 0 Å². The maximum Gasteiger partial charge on any atom is 0.0745 e. The van der Waals surface area contributed by atoms with Crippen LogP contribution in [0.2, 0.25) is 0 Å². The Kier molecular flexibility index (Phi) is 3.99. The van der Waals surface area contributed by atoms with E-state index in [1.54, 1.807) is 6.20 Å². The second-order valence-corrected chi connectivity index (χ2v) is 4.20. The number of benzene rings is 1. The number of nitrogen functional groups attached to an aromatic ring is 1. The van der Waals surface area contributed by atoms with Gasteiger partial charge in [-0.25, -0.2) is 0 Å². The van der Waals surface area contributed by atoms with Gasteiger partial charge < -0.3 is 15.4 Å². The van der Waals surface area contributed by atoms with Crippen LogP contribution >= 0.6 is 0 Å². The first-order valence-electron chi connectivity index (χ1n) is 6.16. The van der Waals surface area contributed by atoms with Crippen molar-refractivity contribution in [2.24, 2.45) is 0 Å². The lowest BCUT2D eigenvalue weighted by molar-refractivity contribution is 0.154. The lowest BCUT2D eigenvalue weighted by atomic mass is 10.1. The fourth-order valence-electron chi connectivity index (χ4n) is 2.03. The molecule has 2 N–H and O–H groups in total. The van der Waals surface area contributed by atoms with E-state index in [0.717, 1.165) is 29.7 Å². The van der Waals surface area contributed by atoms with Gasteiger partial charge in [-0.05, 0) is 13.0 Å². The summed E-state index contributed by atoms with van der Waals surface area (Å²) in [5.74, 6) is 0. The quantitative estimate of drug-likeness (QED) is 0.821.